The standard InChI is InChI=1S/C14H22BrN3O2S/c1-3-4-17-5-7-18(8-6-17)21(19,20)14-10-12(15)9-13(16)11(14)2/h9-10H,3-8,16H2,1-2H3. The van der Waals surface area contributed by atoms with Crippen molar-refractivity contribution in [1.82, 2.24) is 9.21 Å². The molecule has 1 heterocycles. The minimum absolute atomic E-state index is 0.304. The van der Waals surface area contributed by atoms with Crippen molar-refractivity contribution in [3.05, 3.63) is 22.2 Å². The van der Waals surface area contributed by atoms with Gasteiger partial charge in [-0.2, -0.15) is 4.31 Å². The lowest BCUT2D eigenvalue weighted by molar-refractivity contribution is 0.188. The van der Waals surface area contributed by atoms with Gasteiger partial charge in [0.15, 0.2) is 0 Å². The summed E-state index contributed by atoms with van der Waals surface area (Å²) in [5, 5.41) is 0. The molecule has 7 heteroatoms. The van der Waals surface area contributed by atoms with E-state index in [1.54, 1.807) is 23.4 Å². The molecule has 0 atom stereocenters. The van der Waals surface area contributed by atoms with Crippen molar-refractivity contribution in [3.8, 4) is 0 Å². The Bertz CT molecular complexity index is 611. The molecule has 0 amide bonds. The first-order valence-electron chi connectivity index (χ1n) is 7.14. The van der Waals surface area contributed by atoms with Crippen LogP contribution in [0.2, 0.25) is 0 Å². The Kier molecular flexibility index (Phi) is 5.29. The van der Waals surface area contributed by atoms with Gasteiger partial charge in [-0.25, -0.2) is 8.42 Å². The number of sulfonamides is 1. The topological polar surface area (TPSA) is 66.6 Å². The van der Waals surface area contributed by atoms with Crippen molar-refractivity contribution < 1.29 is 8.42 Å². The van der Waals surface area contributed by atoms with E-state index in [0.29, 0.717) is 33.7 Å². The van der Waals surface area contributed by atoms with Gasteiger partial charge in [0.2, 0.25) is 10.0 Å². The molecule has 1 aromatic rings. The van der Waals surface area contributed by atoms with Gasteiger partial charge >= 0.3 is 0 Å². The molecule has 21 heavy (non-hydrogen) atoms. The predicted molar refractivity (Wildman–Crippen MR) is 88.8 cm³/mol. The van der Waals surface area contributed by atoms with Gasteiger partial charge in [-0.15, -0.1) is 0 Å². The zero-order valence-corrected chi connectivity index (χ0v) is 14.9. The van der Waals surface area contributed by atoms with E-state index in [9.17, 15) is 8.42 Å². The van der Waals surface area contributed by atoms with Crippen molar-refractivity contribution in [2.75, 3.05) is 38.5 Å². The van der Waals surface area contributed by atoms with E-state index in [2.05, 4.69) is 27.8 Å². The minimum atomic E-state index is -3.48. The van der Waals surface area contributed by atoms with Crippen LogP contribution in [0, 0.1) is 6.92 Å². The van der Waals surface area contributed by atoms with Crippen LogP contribution in [0.1, 0.15) is 18.9 Å². The Morgan fingerprint density at radius 1 is 1.24 bits per heavy atom. The fraction of sp³-hybridized carbons (Fsp3) is 0.571. The van der Waals surface area contributed by atoms with Crippen molar-refractivity contribution >= 4 is 31.6 Å². The van der Waals surface area contributed by atoms with Crippen LogP contribution in [0.3, 0.4) is 0 Å². The Balaban J connectivity index is 2.24. The van der Waals surface area contributed by atoms with Crippen LogP contribution >= 0.6 is 15.9 Å². The molecule has 2 N–H and O–H groups in total. The maximum absolute atomic E-state index is 12.8. The lowest BCUT2D eigenvalue weighted by atomic mass is 10.2. The highest BCUT2D eigenvalue weighted by Gasteiger charge is 2.30. The number of hydrogen-bond acceptors (Lipinski definition) is 4. The van der Waals surface area contributed by atoms with Crippen LogP contribution in [-0.2, 0) is 10.0 Å². The van der Waals surface area contributed by atoms with Crippen LogP contribution < -0.4 is 5.73 Å². The van der Waals surface area contributed by atoms with Gasteiger partial charge in [0.25, 0.3) is 0 Å². The number of piperazine rings is 1. The number of rotatable bonds is 4. The van der Waals surface area contributed by atoms with Gasteiger partial charge < -0.3 is 10.6 Å². The van der Waals surface area contributed by atoms with E-state index in [4.69, 9.17) is 5.73 Å². The number of nitrogens with zero attached hydrogens (tertiary/aromatic N) is 2. The molecular weight excluding hydrogens is 354 g/mol. The van der Waals surface area contributed by atoms with Crippen molar-refractivity contribution in [2.45, 2.75) is 25.2 Å². The van der Waals surface area contributed by atoms with Gasteiger partial charge in [0, 0.05) is 36.3 Å². The summed E-state index contributed by atoms with van der Waals surface area (Å²) in [7, 11) is -3.48. The van der Waals surface area contributed by atoms with Crippen molar-refractivity contribution in [1.29, 1.82) is 0 Å². The number of anilines is 1. The second-order valence-corrected chi connectivity index (χ2v) is 8.19. The summed E-state index contributed by atoms with van der Waals surface area (Å²) in [4.78, 5) is 2.60. The fourth-order valence-electron chi connectivity index (χ4n) is 2.59. The van der Waals surface area contributed by atoms with Gasteiger partial charge in [-0.1, -0.05) is 22.9 Å². The zero-order valence-electron chi connectivity index (χ0n) is 12.5. The van der Waals surface area contributed by atoms with Gasteiger partial charge in [-0.05, 0) is 37.6 Å². The summed E-state index contributed by atoms with van der Waals surface area (Å²) in [5.41, 5.74) is 7.00. The lowest BCUT2D eigenvalue weighted by Gasteiger charge is -2.34. The van der Waals surface area contributed by atoms with Gasteiger partial charge in [-0.3, -0.25) is 0 Å². The van der Waals surface area contributed by atoms with Crippen LogP contribution in [0.4, 0.5) is 5.69 Å². The average molecular weight is 376 g/mol. The highest BCUT2D eigenvalue weighted by molar-refractivity contribution is 9.10. The highest BCUT2D eigenvalue weighted by atomic mass is 79.9. The molecule has 1 aromatic carbocycles. The van der Waals surface area contributed by atoms with E-state index in [0.717, 1.165) is 26.1 Å². The monoisotopic (exact) mass is 375 g/mol. The number of benzene rings is 1. The first-order chi connectivity index (χ1) is 9.86. The summed E-state index contributed by atoms with van der Waals surface area (Å²) in [6.07, 6.45) is 1.09. The van der Waals surface area contributed by atoms with Crippen LogP contribution in [-0.4, -0.2) is 50.3 Å². The Morgan fingerprint density at radius 2 is 1.86 bits per heavy atom. The predicted octanol–water partition coefficient (Wildman–Crippen LogP) is 2.06. The first kappa shape index (κ1) is 16.7. The number of halogens is 1. The second-order valence-electron chi connectivity index (χ2n) is 5.36. The largest absolute Gasteiger partial charge is 0.398 e. The Hall–Kier alpha value is -0.630. The lowest BCUT2D eigenvalue weighted by Crippen LogP contribution is -2.48. The molecule has 0 saturated carbocycles. The average Bonchev–Trinajstić information content (AvgIpc) is 2.43. The quantitative estimate of drug-likeness (QED) is 0.817. The summed E-state index contributed by atoms with van der Waals surface area (Å²) in [5.74, 6) is 0. The van der Waals surface area contributed by atoms with E-state index >= 15 is 0 Å². The minimum Gasteiger partial charge on any atom is -0.398 e. The third-order valence-electron chi connectivity index (χ3n) is 3.85. The van der Waals surface area contributed by atoms with Crippen molar-refractivity contribution in [3.63, 3.8) is 0 Å². The zero-order chi connectivity index (χ0) is 15.6. The van der Waals surface area contributed by atoms with Gasteiger partial charge in [0.1, 0.15) is 0 Å². The number of nitrogens with two attached hydrogens (primary N) is 1. The van der Waals surface area contributed by atoms with Crippen LogP contribution in [0.5, 0.6) is 0 Å². The molecule has 2 rings (SSSR count). The first-order valence-corrected chi connectivity index (χ1v) is 9.37. The third-order valence-corrected chi connectivity index (χ3v) is 6.34. The summed E-state index contributed by atoms with van der Waals surface area (Å²) in [6, 6.07) is 3.37. The maximum atomic E-state index is 12.8. The molecule has 118 valence electrons. The Labute approximate surface area is 135 Å². The Morgan fingerprint density at radius 3 is 2.43 bits per heavy atom. The van der Waals surface area contributed by atoms with Crippen LogP contribution in [0.25, 0.3) is 0 Å². The second kappa shape index (κ2) is 6.64. The number of hydrogen-bond donors (Lipinski definition) is 1. The summed E-state index contributed by atoms with van der Waals surface area (Å²) >= 11 is 3.32. The molecule has 1 saturated heterocycles. The van der Waals surface area contributed by atoms with E-state index in [1.807, 2.05) is 0 Å². The summed E-state index contributed by atoms with van der Waals surface area (Å²) in [6.45, 7) is 7.56. The molecule has 0 unspecified atom stereocenters. The molecule has 0 aromatic heterocycles. The number of nitrogen functional groups attached to an aromatic ring is 1. The molecule has 0 bridgehead atoms. The van der Waals surface area contributed by atoms with Crippen molar-refractivity contribution in [2.24, 2.45) is 0 Å². The molecule has 1 aliphatic rings. The van der Waals surface area contributed by atoms with Crippen LogP contribution in [0.15, 0.2) is 21.5 Å². The molecular formula is C14H22BrN3O2S. The van der Waals surface area contributed by atoms with E-state index < -0.39 is 10.0 Å². The highest BCUT2D eigenvalue weighted by Crippen LogP contribution is 2.29. The van der Waals surface area contributed by atoms with E-state index in [-0.39, 0.29) is 0 Å². The maximum Gasteiger partial charge on any atom is 0.243 e. The van der Waals surface area contributed by atoms with E-state index in [1.165, 1.54) is 0 Å². The fourth-order valence-corrected chi connectivity index (χ4v) is 4.92. The molecule has 0 aliphatic carbocycles. The SMILES string of the molecule is CCCN1CCN(S(=O)(=O)c2cc(Br)cc(N)c2C)CC1. The summed E-state index contributed by atoms with van der Waals surface area (Å²) < 4.78 is 27.9. The molecule has 5 nitrogen and oxygen atoms in total. The molecule has 0 radical (unpaired) electrons. The molecule has 1 aliphatic heterocycles. The molecule has 1 fully saturated rings. The normalized spacial score (nSPS) is 18.0. The smallest absolute Gasteiger partial charge is 0.243 e. The third kappa shape index (κ3) is 3.59. The van der Waals surface area contributed by atoms with Gasteiger partial charge in [0.05, 0.1) is 4.90 Å². The molecule has 0 spiro atoms.